The Balaban J connectivity index is 1.51. The van der Waals surface area contributed by atoms with Gasteiger partial charge in [0.25, 0.3) is 0 Å². The van der Waals surface area contributed by atoms with E-state index in [9.17, 15) is 13.0 Å². The third-order valence-electron chi connectivity index (χ3n) is 4.56. The zero-order valence-corrected chi connectivity index (χ0v) is 19.5. The van der Waals surface area contributed by atoms with E-state index in [1.165, 1.54) is 30.5 Å². The van der Waals surface area contributed by atoms with Crippen molar-refractivity contribution in [1.29, 1.82) is 4.78 Å². The van der Waals surface area contributed by atoms with E-state index >= 15 is 0 Å². The minimum atomic E-state index is -2.71. The molecule has 33 heavy (non-hydrogen) atoms. The summed E-state index contributed by atoms with van der Waals surface area (Å²) in [4.78, 5) is 7.77. The Bertz CT molecular complexity index is 1240. The van der Waals surface area contributed by atoms with E-state index in [-0.39, 0.29) is 28.0 Å². The third kappa shape index (κ3) is 7.54. The number of benzene rings is 1. The molecule has 2 aromatic heterocycles. The van der Waals surface area contributed by atoms with Gasteiger partial charge in [-0.25, -0.2) is 18.0 Å². The van der Waals surface area contributed by atoms with Crippen LogP contribution in [0.2, 0.25) is 5.15 Å². The maximum atomic E-state index is 14.2. The molecule has 1 atom stereocenters. The molecule has 1 aromatic carbocycles. The SMILES string of the molecule is CS(=N)(=O)Cc1cc(N)nc(OCCCCNc2cc(-c3cc(Cl)ncc3F)ccc2F)c1. The maximum Gasteiger partial charge on any atom is 0.215 e. The van der Waals surface area contributed by atoms with Crippen LogP contribution in [0.3, 0.4) is 0 Å². The first-order valence-corrected chi connectivity index (χ1v) is 12.6. The first-order valence-electron chi connectivity index (χ1n) is 10.1. The second-order valence-corrected chi connectivity index (χ2v) is 10.2. The molecule has 2 heterocycles. The quantitative estimate of drug-likeness (QED) is 0.266. The lowest BCUT2D eigenvalue weighted by molar-refractivity contribution is 0.297. The highest BCUT2D eigenvalue weighted by molar-refractivity contribution is 7.90. The summed E-state index contributed by atoms with van der Waals surface area (Å²) in [6.45, 7) is 0.818. The normalized spacial score (nSPS) is 12.8. The van der Waals surface area contributed by atoms with Gasteiger partial charge in [0.15, 0.2) is 0 Å². The molecule has 7 nitrogen and oxygen atoms in total. The molecule has 0 fully saturated rings. The van der Waals surface area contributed by atoms with Crippen LogP contribution in [-0.2, 0) is 15.5 Å². The van der Waals surface area contributed by atoms with Crippen LogP contribution >= 0.6 is 11.6 Å². The zero-order chi connectivity index (χ0) is 24.0. The summed E-state index contributed by atoms with van der Waals surface area (Å²) in [5.74, 6) is -0.390. The van der Waals surface area contributed by atoms with Crippen LogP contribution in [0.4, 0.5) is 20.3 Å². The highest BCUT2D eigenvalue weighted by Gasteiger charge is 2.10. The van der Waals surface area contributed by atoms with Crippen molar-refractivity contribution in [3.05, 3.63) is 64.9 Å². The molecule has 0 amide bonds. The minimum absolute atomic E-state index is 0.0697. The highest BCUT2D eigenvalue weighted by atomic mass is 35.5. The third-order valence-corrected chi connectivity index (χ3v) is 5.65. The molecule has 0 aliphatic heterocycles. The number of nitrogens with zero attached hydrogens (tertiary/aromatic N) is 2. The average molecular weight is 496 g/mol. The van der Waals surface area contributed by atoms with Crippen LogP contribution in [0.1, 0.15) is 18.4 Å². The molecule has 11 heteroatoms. The van der Waals surface area contributed by atoms with Gasteiger partial charge in [-0.1, -0.05) is 17.7 Å². The fraction of sp³-hybridized carbons (Fsp3) is 0.273. The molecular weight excluding hydrogens is 472 g/mol. The van der Waals surface area contributed by atoms with Crippen molar-refractivity contribution >= 4 is 32.8 Å². The van der Waals surface area contributed by atoms with Crippen LogP contribution in [0.5, 0.6) is 5.88 Å². The fourth-order valence-corrected chi connectivity index (χ4v) is 4.11. The van der Waals surface area contributed by atoms with Crippen molar-refractivity contribution in [3.63, 3.8) is 0 Å². The average Bonchev–Trinajstić information content (AvgIpc) is 2.72. The summed E-state index contributed by atoms with van der Waals surface area (Å²) < 4.78 is 53.1. The summed E-state index contributed by atoms with van der Waals surface area (Å²) in [5, 5.41) is 3.16. The molecule has 0 saturated heterocycles. The summed E-state index contributed by atoms with van der Waals surface area (Å²) >= 11 is 5.85. The second-order valence-electron chi connectivity index (χ2n) is 7.55. The van der Waals surface area contributed by atoms with Gasteiger partial charge in [0.1, 0.15) is 22.6 Å². The van der Waals surface area contributed by atoms with Gasteiger partial charge < -0.3 is 15.8 Å². The number of ether oxygens (including phenoxy) is 1. The van der Waals surface area contributed by atoms with Crippen LogP contribution in [0, 0.1) is 16.4 Å². The molecule has 0 aliphatic carbocycles. The topological polar surface area (TPSA) is 114 Å². The van der Waals surface area contributed by atoms with Crippen molar-refractivity contribution in [2.24, 2.45) is 0 Å². The highest BCUT2D eigenvalue weighted by Crippen LogP contribution is 2.28. The lowest BCUT2D eigenvalue weighted by Gasteiger charge is -2.11. The fourth-order valence-electron chi connectivity index (χ4n) is 3.15. The molecule has 4 N–H and O–H groups in total. The predicted octanol–water partition coefficient (Wildman–Crippen LogP) is 5.11. The van der Waals surface area contributed by atoms with E-state index in [0.717, 1.165) is 6.20 Å². The van der Waals surface area contributed by atoms with Crippen LogP contribution in [0.15, 0.2) is 42.6 Å². The number of rotatable bonds is 10. The van der Waals surface area contributed by atoms with Gasteiger partial charge in [-0.2, -0.15) is 4.98 Å². The van der Waals surface area contributed by atoms with E-state index in [2.05, 4.69) is 15.3 Å². The van der Waals surface area contributed by atoms with Crippen molar-refractivity contribution in [2.75, 3.05) is 30.5 Å². The number of anilines is 2. The van der Waals surface area contributed by atoms with Gasteiger partial charge >= 0.3 is 0 Å². The largest absolute Gasteiger partial charge is 0.478 e. The number of hydrogen-bond donors (Lipinski definition) is 3. The summed E-state index contributed by atoms with van der Waals surface area (Å²) in [6, 6.07) is 8.86. The summed E-state index contributed by atoms with van der Waals surface area (Å²) in [7, 11) is -2.71. The number of halogens is 3. The van der Waals surface area contributed by atoms with Crippen molar-refractivity contribution in [1.82, 2.24) is 9.97 Å². The van der Waals surface area contributed by atoms with Gasteiger partial charge in [-0.15, -0.1) is 0 Å². The van der Waals surface area contributed by atoms with Gasteiger partial charge in [0.2, 0.25) is 5.88 Å². The first-order chi connectivity index (χ1) is 15.6. The van der Waals surface area contributed by atoms with Crippen LogP contribution in [0.25, 0.3) is 11.1 Å². The Kier molecular flexibility index (Phi) is 8.04. The number of unbranched alkanes of at least 4 members (excludes halogenated alkanes) is 1. The van der Waals surface area contributed by atoms with Gasteiger partial charge in [-0.05, 0) is 48.2 Å². The Labute approximate surface area is 196 Å². The monoisotopic (exact) mass is 495 g/mol. The van der Waals surface area contributed by atoms with Crippen molar-refractivity contribution in [3.8, 4) is 17.0 Å². The lowest BCUT2D eigenvalue weighted by atomic mass is 10.1. The molecule has 1 unspecified atom stereocenters. The molecule has 0 bridgehead atoms. The number of nitrogens with one attached hydrogen (secondary N) is 2. The Morgan fingerprint density at radius 1 is 1.18 bits per heavy atom. The molecule has 0 saturated carbocycles. The zero-order valence-electron chi connectivity index (χ0n) is 17.9. The van der Waals surface area contributed by atoms with Crippen molar-refractivity contribution < 1.29 is 17.7 Å². The number of nitrogens with two attached hydrogens (primary N) is 1. The smallest absolute Gasteiger partial charge is 0.215 e. The van der Waals surface area contributed by atoms with E-state index in [4.69, 9.17) is 26.9 Å². The molecule has 0 aliphatic rings. The van der Waals surface area contributed by atoms with E-state index in [1.54, 1.807) is 12.1 Å². The Hall–Kier alpha value is -2.98. The second kappa shape index (κ2) is 10.8. The van der Waals surface area contributed by atoms with Crippen LogP contribution in [-0.4, -0.2) is 33.6 Å². The lowest BCUT2D eigenvalue weighted by Crippen LogP contribution is -2.07. The molecule has 3 aromatic rings. The van der Waals surface area contributed by atoms with Gasteiger partial charge in [-0.3, -0.25) is 4.78 Å². The van der Waals surface area contributed by atoms with Gasteiger partial charge in [0, 0.05) is 34.2 Å². The van der Waals surface area contributed by atoms with E-state index in [0.29, 0.717) is 43.0 Å². The summed E-state index contributed by atoms with van der Waals surface area (Å²) in [6.07, 6.45) is 3.71. The molecule has 0 spiro atoms. The van der Waals surface area contributed by atoms with E-state index in [1.807, 2.05) is 0 Å². The maximum absolute atomic E-state index is 14.2. The first kappa shape index (κ1) is 24.7. The number of nitrogen functional groups attached to an aromatic ring is 1. The summed E-state index contributed by atoms with van der Waals surface area (Å²) in [5.41, 5.74) is 7.36. The van der Waals surface area contributed by atoms with E-state index < -0.39 is 21.4 Å². The standard InChI is InChI=1S/C22H24ClF2N5O2S/c1-33(27,31)13-14-8-21(26)30-22(9-14)32-7-3-2-6-28-19-10-15(4-5-17(19)24)16-11-20(23)29-12-18(16)25/h4-5,8-12,27-28H,2-3,6-7,13H2,1H3,(H2,26,30). The number of hydrogen-bond acceptors (Lipinski definition) is 7. The Morgan fingerprint density at radius 2 is 1.97 bits per heavy atom. The Morgan fingerprint density at radius 3 is 2.73 bits per heavy atom. The molecule has 0 radical (unpaired) electrons. The molecular formula is C22H24ClF2N5O2S. The van der Waals surface area contributed by atoms with Gasteiger partial charge in [0.05, 0.1) is 24.2 Å². The molecule has 3 rings (SSSR count). The number of aromatic nitrogens is 2. The van der Waals surface area contributed by atoms with Crippen molar-refractivity contribution in [2.45, 2.75) is 18.6 Å². The molecule has 176 valence electrons. The predicted molar refractivity (Wildman–Crippen MR) is 127 cm³/mol. The minimum Gasteiger partial charge on any atom is -0.478 e. The van der Waals surface area contributed by atoms with Crippen LogP contribution < -0.4 is 15.8 Å². The number of pyridine rings is 2.